The van der Waals surface area contributed by atoms with Gasteiger partial charge in [-0.05, 0) is 23.8 Å². The standard InChI is InChI=1S/C14H14N2S/c1-16(14(15)17)13-10-6-5-9-12(13)11-7-3-2-4-8-11/h2-10H,1H3,(H2,15,17). The molecule has 0 bridgehead atoms. The number of hydrogen-bond acceptors (Lipinski definition) is 1. The smallest absolute Gasteiger partial charge is 0.170 e. The van der Waals surface area contributed by atoms with Crippen LogP contribution in [-0.2, 0) is 0 Å². The molecule has 0 fully saturated rings. The zero-order valence-electron chi connectivity index (χ0n) is 9.63. The first-order valence-corrected chi connectivity index (χ1v) is 5.78. The summed E-state index contributed by atoms with van der Waals surface area (Å²) in [5, 5.41) is 0.369. The molecule has 17 heavy (non-hydrogen) atoms. The van der Waals surface area contributed by atoms with Crippen LogP contribution in [0, 0.1) is 0 Å². The summed E-state index contributed by atoms with van der Waals surface area (Å²) >= 11 is 5.01. The molecule has 0 radical (unpaired) electrons. The number of para-hydroxylation sites is 1. The molecule has 86 valence electrons. The van der Waals surface area contributed by atoms with Crippen molar-refractivity contribution in [3.8, 4) is 11.1 Å². The Balaban J connectivity index is 2.52. The van der Waals surface area contributed by atoms with Crippen molar-refractivity contribution in [2.75, 3.05) is 11.9 Å². The third kappa shape index (κ3) is 2.45. The second-order valence-electron chi connectivity index (χ2n) is 3.78. The molecule has 2 N–H and O–H groups in total. The van der Waals surface area contributed by atoms with E-state index in [4.69, 9.17) is 18.0 Å². The largest absolute Gasteiger partial charge is 0.376 e. The fourth-order valence-electron chi connectivity index (χ4n) is 1.75. The predicted molar refractivity (Wildman–Crippen MR) is 77.1 cm³/mol. The van der Waals surface area contributed by atoms with Crippen LogP contribution in [0.4, 0.5) is 5.69 Å². The Morgan fingerprint density at radius 2 is 1.59 bits per heavy atom. The Bertz CT molecular complexity index is 523. The second-order valence-corrected chi connectivity index (χ2v) is 4.20. The minimum Gasteiger partial charge on any atom is -0.376 e. The fraction of sp³-hybridized carbons (Fsp3) is 0.0714. The lowest BCUT2D eigenvalue weighted by atomic mass is 10.0. The molecule has 0 amide bonds. The van der Waals surface area contributed by atoms with Crippen LogP contribution in [-0.4, -0.2) is 12.2 Å². The number of nitrogens with two attached hydrogens (primary N) is 1. The van der Waals surface area contributed by atoms with Gasteiger partial charge >= 0.3 is 0 Å². The average Bonchev–Trinajstić information content (AvgIpc) is 2.39. The number of anilines is 1. The zero-order chi connectivity index (χ0) is 12.3. The van der Waals surface area contributed by atoms with E-state index in [9.17, 15) is 0 Å². The molecule has 3 heteroatoms. The molecule has 0 heterocycles. The topological polar surface area (TPSA) is 29.3 Å². The second kappa shape index (κ2) is 4.97. The molecule has 0 aliphatic heterocycles. The highest BCUT2D eigenvalue weighted by atomic mass is 32.1. The normalized spacial score (nSPS) is 9.94. The van der Waals surface area contributed by atoms with Crippen LogP contribution >= 0.6 is 12.2 Å². The first kappa shape index (κ1) is 11.6. The van der Waals surface area contributed by atoms with E-state index in [2.05, 4.69) is 18.2 Å². The minimum atomic E-state index is 0.369. The first-order chi connectivity index (χ1) is 8.20. The van der Waals surface area contributed by atoms with Gasteiger partial charge in [-0.25, -0.2) is 0 Å². The SMILES string of the molecule is CN(C(N)=S)c1ccccc1-c1ccccc1. The average molecular weight is 242 g/mol. The molecule has 2 nitrogen and oxygen atoms in total. The molecular weight excluding hydrogens is 228 g/mol. The molecule has 0 aliphatic rings. The van der Waals surface area contributed by atoms with Crippen LogP contribution in [0.25, 0.3) is 11.1 Å². The van der Waals surface area contributed by atoms with E-state index in [1.165, 1.54) is 0 Å². The van der Waals surface area contributed by atoms with Crippen molar-refractivity contribution in [1.29, 1.82) is 0 Å². The highest BCUT2D eigenvalue weighted by molar-refractivity contribution is 7.80. The number of rotatable bonds is 2. The Labute approximate surface area is 107 Å². The summed E-state index contributed by atoms with van der Waals surface area (Å²) in [6.07, 6.45) is 0. The van der Waals surface area contributed by atoms with Crippen LogP contribution in [0.5, 0.6) is 0 Å². The Hall–Kier alpha value is -1.87. The lowest BCUT2D eigenvalue weighted by molar-refractivity contribution is 1.27. The number of nitrogens with zero attached hydrogens (tertiary/aromatic N) is 1. The quantitative estimate of drug-likeness (QED) is 0.821. The maximum atomic E-state index is 5.67. The van der Waals surface area contributed by atoms with Gasteiger partial charge in [0.2, 0.25) is 0 Å². The molecular formula is C14H14N2S. The van der Waals surface area contributed by atoms with Crippen molar-refractivity contribution in [1.82, 2.24) is 0 Å². The third-order valence-corrected chi connectivity index (χ3v) is 2.95. The molecule has 2 aromatic rings. The third-order valence-electron chi connectivity index (χ3n) is 2.68. The van der Waals surface area contributed by atoms with Crippen molar-refractivity contribution < 1.29 is 0 Å². The predicted octanol–water partition coefficient (Wildman–Crippen LogP) is 3.03. The van der Waals surface area contributed by atoms with Gasteiger partial charge in [-0.15, -0.1) is 0 Å². The van der Waals surface area contributed by atoms with Crippen molar-refractivity contribution >= 4 is 23.0 Å². The fourth-order valence-corrected chi connectivity index (χ4v) is 1.85. The molecule has 2 aromatic carbocycles. The van der Waals surface area contributed by atoms with Gasteiger partial charge in [0, 0.05) is 12.6 Å². The maximum Gasteiger partial charge on any atom is 0.170 e. The molecule has 0 unspecified atom stereocenters. The molecule has 0 saturated heterocycles. The summed E-state index contributed by atoms with van der Waals surface area (Å²) in [5.74, 6) is 0. The Kier molecular flexibility index (Phi) is 3.40. The highest BCUT2D eigenvalue weighted by Crippen LogP contribution is 2.29. The zero-order valence-corrected chi connectivity index (χ0v) is 10.4. The van der Waals surface area contributed by atoms with Crippen LogP contribution < -0.4 is 10.6 Å². The van der Waals surface area contributed by atoms with Gasteiger partial charge in [-0.2, -0.15) is 0 Å². The first-order valence-electron chi connectivity index (χ1n) is 5.38. The molecule has 0 atom stereocenters. The van der Waals surface area contributed by atoms with Crippen LogP contribution in [0.3, 0.4) is 0 Å². The number of hydrogen-bond donors (Lipinski definition) is 1. The summed E-state index contributed by atoms with van der Waals surface area (Å²) in [7, 11) is 1.88. The molecule has 0 spiro atoms. The van der Waals surface area contributed by atoms with E-state index in [0.29, 0.717) is 5.11 Å². The molecule has 2 rings (SSSR count). The summed E-state index contributed by atoms with van der Waals surface area (Å²) < 4.78 is 0. The monoisotopic (exact) mass is 242 g/mol. The van der Waals surface area contributed by atoms with Crippen LogP contribution in [0.15, 0.2) is 54.6 Å². The summed E-state index contributed by atoms with van der Waals surface area (Å²) in [4.78, 5) is 1.82. The highest BCUT2D eigenvalue weighted by Gasteiger charge is 2.09. The number of benzene rings is 2. The Morgan fingerprint density at radius 3 is 2.24 bits per heavy atom. The van der Waals surface area contributed by atoms with Gasteiger partial charge in [0.1, 0.15) is 0 Å². The van der Waals surface area contributed by atoms with Crippen molar-refractivity contribution in [2.24, 2.45) is 5.73 Å². The van der Waals surface area contributed by atoms with E-state index in [-0.39, 0.29) is 0 Å². The van der Waals surface area contributed by atoms with Gasteiger partial charge in [-0.1, -0.05) is 48.5 Å². The van der Waals surface area contributed by atoms with E-state index in [1.54, 1.807) is 0 Å². The van der Waals surface area contributed by atoms with E-state index >= 15 is 0 Å². The summed E-state index contributed by atoms with van der Waals surface area (Å²) in [5.41, 5.74) is 8.98. The van der Waals surface area contributed by atoms with E-state index < -0.39 is 0 Å². The van der Waals surface area contributed by atoms with Gasteiger partial charge in [0.15, 0.2) is 5.11 Å². The Morgan fingerprint density at radius 1 is 1.00 bits per heavy atom. The minimum absolute atomic E-state index is 0.369. The lowest BCUT2D eigenvalue weighted by Gasteiger charge is -2.20. The molecule has 0 saturated carbocycles. The summed E-state index contributed by atoms with van der Waals surface area (Å²) in [6, 6.07) is 18.3. The number of thiocarbonyl (C=S) groups is 1. The van der Waals surface area contributed by atoms with Gasteiger partial charge in [0.25, 0.3) is 0 Å². The van der Waals surface area contributed by atoms with Crippen molar-refractivity contribution in [2.45, 2.75) is 0 Å². The molecule has 0 aliphatic carbocycles. The van der Waals surface area contributed by atoms with Gasteiger partial charge in [-0.3, -0.25) is 0 Å². The van der Waals surface area contributed by atoms with Gasteiger partial charge in [0.05, 0.1) is 5.69 Å². The van der Waals surface area contributed by atoms with E-state index in [1.807, 2.05) is 48.3 Å². The van der Waals surface area contributed by atoms with Gasteiger partial charge < -0.3 is 10.6 Å². The summed E-state index contributed by atoms with van der Waals surface area (Å²) in [6.45, 7) is 0. The molecule has 0 aromatic heterocycles. The lowest BCUT2D eigenvalue weighted by Crippen LogP contribution is -2.31. The van der Waals surface area contributed by atoms with Crippen molar-refractivity contribution in [3.05, 3.63) is 54.6 Å². The van der Waals surface area contributed by atoms with Crippen molar-refractivity contribution in [3.63, 3.8) is 0 Å². The maximum absolute atomic E-state index is 5.67. The van der Waals surface area contributed by atoms with Crippen LogP contribution in [0.1, 0.15) is 0 Å². The van der Waals surface area contributed by atoms with E-state index in [0.717, 1.165) is 16.8 Å². The van der Waals surface area contributed by atoms with Crippen LogP contribution in [0.2, 0.25) is 0 Å².